The third kappa shape index (κ3) is 3.55. The molecule has 0 bridgehead atoms. The summed E-state index contributed by atoms with van der Waals surface area (Å²) in [4.78, 5) is 4.55. The summed E-state index contributed by atoms with van der Waals surface area (Å²) in [6.45, 7) is 0.193. The number of thioether (sulfide) groups is 1. The van der Waals surface area contributed by atoms with E-state index < -0.39 is 0 Å². The molecule has 1 aromatic heterocycles. The van der Waals surface area contributed by atoms with Crippen LogP contribution in [0.4, 0.5) is 0 Å². The van der Waals surface area contributed by atoms with Crippen molar-refractivity contribution in [3.8, 4) is 0 Å². The normalized spacial score (nSPS) is 10.1. The van der Waals surface area contributed by atoms with Gasteiger partial charge >= 0.3 is 0 Å². The molecule has 2 nitrogen and oxygen atoms in total. The highest BCUT2D eigenvalue weighted by Crippen LogP contribution is 2.27. The number of aliphatic hydroxyl groups is 1. The van der Waals surface area contributed by atoms with E-state index in [-0.39, 0.29) is 19.0 Å². The number of nitrogens with one attached hydrogen (secondary N) is 1. The van der Waals surface area contributed by atoms with E-state index in [4.69, 9.17) is 5.11 Å². The monoisotopic (exact) mass is 283 g/mol. The molecule has 0 aliphatic rings. The van der Waals surface area contributed by atoms with E-state index in [2.05, 4.69) is 41.7 Å². The maximum atomic E-state index is 9.01. The maximum Gasteiger partial charge on any atom is 0.0486 e. The lowest BCUT2D eigenvalue weighted by Gasteiger charge is -2.04. The van der Waals surface area contributed by atoms with Gasteiger partial charge in [0.1, 0.15) is 0 Å². The minimum atomic E-state index is 0. The molecule has 18 heavy (non-hydrogen) atoms. The predicted molar refractivity (Wildman–Crippen MR) is 79.9 cm³/mol. The van der Waals surface area contributed by atoms with Gasteiger partial charge < -0.3 is 10.1 Å². The lowest BCUT2D eigenvalue weighted by Crippen LogP contribution is -1.93. The largest absolute Gasteiger partial charge is 0.396 e. The zero-order valence-corrected chi connectivity index (χ0v) is 12.0. The van der Waals surface area contributed by atoms with Crippen LogP contribution in [0.5, 0.6) is 0 Å². The second kappa shape index (κ2) is 7.52. The average Bonchev–Trinajstić information content (AvgIpc) is 2.73. The Bertz CT molecular complexity index is 470. The van der Waals surface area contributed by atoms with E-state index in [1.54, 1.807) is 11.8 Å². The van der Waals surface area contributed by atoms with Crippen LogP contribution in [-0.2, 0) is 12.8 Å². The van der Waals surface area contributed by atoms with Crippen molar-refractivity contribution < 1.29 is 5.11 Å². The number of H-pyrrole nitrogens is 1. The molecule has 0 amide bonds. The van der Waals surface area contributed by atoms with Gasteiger partial charge in [-0.1, -0.05) is 30.3 Å². The van der Waals surface area contributed by atoms with Crippen molar-refractivity contribution in [2.45, 2.75) is 17.7 Å². The van der Waals surface area contributed by atoms with Crippen LogP contribution in [0.25, 0.3) is 0 Å². The summed E-state index contributed by atoms with van der Waals surface area (Å²) in [5.74, 6) is 0. The molecule has 0 saturated heterocycles. The number of aromatic nitrogens is 1. The van der Waals surface area contributed by atoms with Gasteiger partial charge in [0.2, 0.25) is 0 Å². The lowest BCUT2D eigenvalue weighted by atomic mass is 10.1. The second-order valence-electron chi connectivity index (χ2n) is 3.96. The van der Waals surface area contributed by atoms with Crippen LogP contribution in [0.3, 0.4) is 0 Å². The first kappa shape index (κ1) is 15.2. The van der Waals surface area contributed by atoms with Crippen molar-refractivity contribution in [1.82, 2.24) is 4.98 Å². The van der Waals surface area contributed by atoms with Crippen LogP contribution in [0.2, 0.25) is 0 Å². The zero-order chi connectivity index (χ0) is 12.1. The third-order valence-corrected chi connectivity index (χ3v) is 3.71. The van der Waals surface area contributed by atoms with E-state index in [1.165, 1.54) is 16.0 Å². The van der Waals surface area contributed by atoms with Crippen molar-refractivity contribution in [3.63, 3.8) is 0 Å². The lowest BCUT2D eigenvalue weighted by molar-refractivity contribution is 0.297. The van der Waals surface area contributed by atoms with E-state index in [0.29, 0.717) is 6.42 Å². The minimum absolute atomic E-state index is 0. The fraction of sp³-hybridized carbons (Fsp3) is 0.286. The van der Waals surface area contributed by atoms with E-state index in [0.717, 1.165) is 12.1 Å². The molecule has 0 saturated carbocycles. The Labute approximate surface area is 118 Å². The number of aromatic amines is 1. The fourth-order valence-corrected chi connectivity index (χ4v) is 2.80. The van der Waals surface area contributed by atoms with Crippen molar-refractivity contribution in [2.24, 2.45) is 0 Å². The van der Waals surface area contributed by atoms with Gasteiger partial charge in [-0.3, -0.25) is 0 Å². The summed E-state index contributed by atoms with van der Waals surface area (Å²) in [7, 11) is 0. The molecule has 0 spiro atoms. The van der Waals surface area contributed by atoms with E-state index in [9.17, 15) is 0 Å². The molecule has 2 aromatic rings. The van der Waals surface area contributed by atoms with Gasteiger partial charge in [-0.25, -0.2) is 0 Å². The molecule has 2 rings (SSSR count). The molecule has 1 heterocycles. The van der Waals surface area contributed by atoms with Crippen LogP contribution in [-0.4, -0.2) is 23.0 Å². The minimum Gasteiger partial charge on any atom is -0.396 e. The molecule has 0 unspecified atom stereocenters. The number of halogens is 1. The van der Waals surface area contributed by atoms with E-state index in [1.807, 2.05) is 6.07 Å². The Hall–Kier alpha value is -0.900. The molecule has 98 valence electrons. The standard InChI is InChI=1S/C14H17NOS.ClH/c1-17-14-12(10-15-13(14)7-8-16)9-11-5-3-2-4-6-11;/h2-6,10,15-16H,7-9H2,1H3;1H. The van der Waals surface area contributed by atoms with Crippen molar-refractivity contribution in [2.75, 3.05) is 12.9 Å². The number of aliphatic hydroxyl groups excluding tert-OH is 1. The third-order valence-electron chi connectivity index (χ3n) is 2.79. The molecule has 2 N–H and O–H groups in total. The average molecular weight is 284 g/mol. The molecule has 1 aromatic carbocycles. The molecule has 0 aliphatic heterocycles. The van der Waals surface area contributed by atoms with Gasteiger partial charge in [-0.2, -0.15) is 0 Å². The Balaban J connectivity index is 0.00000162. The number of rotatable bonds is 5. The van der Waals surface area contributed by atoms with Crippen LogP contribution < -0.4 is 0 Å². The molecule has 4 heteroatoms. The van der Waals surface area contributed by atoms with Gasteiger partial charge in [0.15, 0.2) is 0 Å². The van der Waals surface area contributed by atoms with Crippen molar-refractivity contribution >= 4 is 24.2 Å². The first-order valence-corrected chi connectivity index (χ1v) is 6.95. The summed E-state index contributed by atoms with van der Waals surface area (Å²) in [6.07, 6.45) is 5.78. The van der Waals surface area contributed by atoms with Gasteiger partial charge in [0.05, 0.1) is 0 Å². The number of hydrogen-bond donors (Lipinski definition) is 2. The van der Waals surface area contributed by atoms with Crippen molar-refractivity contribution in [3.05, 3.63) is 53.3 Å². The summed E-state index contributed by atoms with van der Waals surface area (Å²) < 4.78 is 0. The predicted octanol–water partition coefficient (Wildman–Crippen LogP) is 3.28. The van der Waals surface area contributed by atoms with Crippen LogP contribution in [0.1, 0.15) is 16.8 Å². The van der Waals surface area contributed by atoms with Gasteiger partial charge in [0, 0.05) is 36.2 Å². The van der Waals surface area contributed by atoms with Crippen LogP contribution in [0.15, 0.2) is 41.4 Å². The smallest absolute Gasteiger partial charge is 0.0486 e. The molecular formula is C14H18ClNOS. The second-order valence-corrected chi connectivity index (χ2v) is 4.78. The molecule has 0 atom stereocenters. The van der Waals surface area contributed by atoms with Gasteiger partial charge in [-0.15, -0.1) is 24.2 Å². The van der Waals surface area contributed by atoms with Crippen LogP contribution >= 0.6 is 24.2 Å². The Morgan fingerprint density at radius 3 is 2.56 bits per heavy atom. The Morgan fingerprint density at radius 2 is 1.94 bits per heavy atom. The highest BCUT2D eigenvalue weighted by atomic mass is 35.5. The summed E-state index contributed by atoms with van der Waals surface area (Å²) in [6, 6.07) is 10.4. The van der Waals surface area contributed by atoms with Gasteiger partial charge in [-0.05, 0) is 17.4 Å². The highest BCUT2D eigenvalue weighted by molar-refractivity contribution is 7.98. The summed E-state index contributed by atoms with van der Waals surface area (Å²) in [5.41, 5.74) is 3.77. The molecule has 0 radical (unpaired) electrons. The summed E-state index contributed by atoms with van der Waals surface area (Å²) in [5, 5.41) is 9.01. The first-order chi connectivity index (χ1) is 8.35. The quantitative estimate of drug-likeness (QED) is 0.826. The SMILES string of the molecule is CSc1c(Cc2ccccc2)c[nH]c1CCO.Cl. The van der Waals surface area contributed by atoms with E-state index >= 15 is 0 Å². The Kier molecular flexibility index (Phi) is 6.33. The molecule has 0 aliphatic carbocycles. The highest BCUT2D eigenvalue weighted by Gasteiger charge is 2.10. The van der Waals surface area contributed by atoms with Crippen molar-refractivity contribution in [1.29, 1.82) is 0 Å². The summed E-state index contributed by atoms with van der Waals surface area (Å²) >= 11 is 1.75. The molecule has 0 fully saturated rings. The van der Waals surface area contributed by atoms with Crippen LogP contribution in [0, 0.1) is 0 Å². The topological polar surface area (TPSA) is 36.0 Å². The first-order valence-electron chi connectivity index (χ1n) is 5.73. The zero-order valence-electron chi connectivity index (χ0n) is 10.3. The Morgan fingerprint density at radius 1 is 1.22 bits per heavy atom. The van der Waals surface area contributed by atoms with Gasteiger partial charge in [0.25, 0.3) is 0 Å². The molecular weight excluding hydrogens is 266 g/mol. The number of hydrogen-bond acceptors (Lipinski definition) is 2. The maximum absolute atomic E-state index is 9.01. The number of benzene rings is 1. The fourth-order valence-electron chi connectivity index (χ4n) is 2.00.